The van der Waals surface area contributed by atoms with Crippen LogP contribution in [0.15, 0.2) is 42.7 Å². The molecular weight excluding hydrogens is 300 g/mol. The van der Waals surface area contributed by atoms with Crippen LogP contribution in [-0.4, -0.2) is 20.4 Å². The molecule has 0 unspecified atom stereocenters. The fourth-order valence-electron chi connectivity index (χ4n) is 3.03. The Hall–Kier alpha value is -2.69. The molecule has 0 saturated heterocycles. The molecule has 1 amide bonds. The number of hydrogen-bond donors (Lipinski definition) is 1. The number of carbonyl (C=O) groups is 1. The highest BCUT2D eigenvalue weighted by atomic mass is 16.1. The van der Waals surface area contributed by atoms with Gasteiger partial charge in [-0.1, -0.05) is 0 Å². The molecule has 5 heteroatoms. The van der Waals surface area contributed by atoms with Gasteiger partial charge in [-0.3, -0.25) is 9.78 Å². The van der Waals surface area contributed by atoms with E-state index in [2.05, 4.69) is 21.9 Å². The third kappa shape index (κ3) is 3.02. The summed E-state index contributed by atoms with van der Waals surface area (Å²) in [5.74, 6) is 1.79. The maximum absolute atomic E-state index is 12.2. The van der Waals surface area contributed by atoms with Crippen molar-refractivity contribution in [1.29, 1.82) is 0 Å². The molecule has 0 radical (unpaired) electrons. The average molecular weight is 320 g/mol. The molecule has 1 N–H and O–H groups in total. The Balaban J connectivity index is 1.45. The van der Waals surface area contributed by atoms with E-state index < -0.39 is 0 Å². The lowest BCUT2D eigenvalue weighted by molar-refractivity contribution is -0.116. The number of carbonyl (C=O) groups excluding carboxylic acids is 1. The molecule has 1 aromatic carbocycles. The largest absolute Gasteiger partial charge is 0.331 e. The van der Waals surface area contributed by atoms with Crippen molar-refractivity contribution in [3.05, 3.63) is 54.1 Å². The van der Waals surface area contributed by atoms with E-state index in [1.807, 2.05) is 30.3 Å². The van der Waals surface area contributed by atoms with Crippen LogP contribution in [0.5, 0.6) is 0 Å². The average Bonchev–Trinajstić information content (AvgIpc) is 3.39. The van der Waals surface area contributed by atoms with Gasteiger partial charge in [-0.05, 0) is 55.2 Å². The lowest BCUT2D eigenvalue weighted by Crippen LogP contribution is -2.12. The highest BCUT2D eigenvalue weighted by Gasteiger charge is 2.28. The van der Waals surface area contributed by atoms with Crippen LogP contribution in [0.25, 0.3) is 11.0 Å². The van der Waals surface area contributed by atoms with Crippen molar-refractivity contribution in [1.82, 2.24) is 14.5 Å². The lowest BCUT2D eigenvalue weighted by atomic mass is 10.1. The molecule has 5 nitrogen and oxygen atoms in total. The Morgan fingerprint density at radius 2 is 2.04 bits per heavy atom. The maximum Gasteiger partial charge on any atom is 0.224 e. The smallest absolute Gasteiger partial charge is 0.224 e. The van der Waals surface area contributed by atoms with Gasteiger partial charge >= 0.3 is 0 Å². The zero-order chi connectivity index (χ0) is 16.5. The highest BCUT2D eigenvalue weighted by molar-refractivity contribution is 5.93. The van der Waals surface area contributed by atoms with Gasteiger partial charge < -0.3 is 9.88 Å². The van der Waals surface area contributed by atoms with E-state index in [4.69, 9.17) is 4.98 Å². The number of rotatable bonds is 5. The van der Waals surface area contributed by atoms with Crippen molar-refractivity contribution < 1.29 is 4.79 Å². The molecule has 3 aromatic rings. The summed E-state index contributed by atoms with van der Waals surface area (Å²) in [6, 6.07) is 9.82. The van der Waals surface area contributed by atoms with Gasteiger partial charge in [0.2, 0.25) is 5.91 Å². The maximum atomic E-state index is 12.2. The summed E-state index contributed by atoms with van der Waals surface area (Å²) in [6.07, 6.45) is 7.13. The van der Waals surface area contributed by atoms with Crippen molar-refractivity contribution >= 4 is 22.6 Å². The quantitative estimate of drug-likeness (QED) is 0.783. The van der Waals surface area contributed by atoms with Crippen molar-refractivity contribution in [3.63, 3.8) is 0 Å². The number of aromatic nitrogens is 3. The van der Waals surface area contributed by atoms with Crippen LogP contribution >= 0.6 is 0 Å². The van der Waals surface area contributed by atoms with Gasteiger partial charge in [0.25, 0.3) is 0 Å². The van der Waals surface area contributed by atoms with Gasteiger partial charge in [0, 0.05) is 37.5 Å². The minimum Gasteiger partial charge on any atom is -0.331 e. The Labute approximate surface area is 140 Å². The van der Waals surface area contributed by atoms with Gasteiger partial charge in [0.1, 0.15) is 5.82 Å². The molecule has 0 aliphatic heterocycles. The van der Waals surface area contributed by atoms with E-state index in [1.165, 1.54) is 12.8 Å². The number of nitrogens with one attached hydrogen (secondary N) is 1. The minimum absolute atomic E-state index is 0.0181. The number of amides is 1. The van der Waals surface area contributed by atoms with Crippen LogP contribution < -0.4 is 5.32 Å². The summed E-state index contributed by atoms with van der Waals surface area (Å²) in [6.45, 7) is 0. The van der Waals surface area contributed by atoms with E-state index in [0.717, 1.165) is 28.1 Å². The predicted octanol–water partition coefficient (Wildman–Crippen LogP) is 3.42. The van der Waals surface area contributed by atoms with Crippen LogP contribution in [0.2, 0.25) is 0 Å². The van der Waals surface area contributed by atoms with Crippen molar-refractivity contribution in [2.24, 2.45) is 7.05 Å². The standard InChI is InChI=1S/C19H20N4O/c1-23-17-6-5-15(12-16(17)22-19(23)14-3-4-14)21-18(24)7-2-13-8-10-20-11-9-13/h5-6,8-12,14H,2-4,7H2,1H3,(H,21,24). The first-order chi connectivity index (χ1) is 11.7. The summed E-state index contributed by atoms with van der Waals surface area (Å²) >= 11 is 0. The van der Waals surface area contributed by atoms with Gasteiger partial charge in [-0.2, -0.15) is 0 Å². The molecule has 2 heterocycles. The molecule has 1 aliphatic carbocycles. The Kier molecular flexibility index (Phi) is 3.76. The number of aryl methyl sites for hydroxylation is 2. The van der Waals surface area contributed by atoms with Gasteiger partial charge in [0.05, 0.1) is 11.0 Å². The van der Waals surface area contributed by atoms with Crippen LogP contribution in [0.1, 0.15) is 36.6 Å². The first-order valence-electron chi connectivity index (χ1n) is 8.36. The molecule has 24 heavy (non-hydrogen) atoms. The number of anilines is 1. The fourth-order valence-corrected chi connectivity index (χ4v) is 3.03. The van der Waals surface area contributed by atoms with E-state index in [0.29, 0.717) is 18.8 Å². The van der Waals surface area contributed by atoms with E-state index in [-0.39, 0.29) is 5.91 Å². The topological polar surface area (TPSA) is 59.8 Å². The molecule has 122 valence electrons. The summed E-state index contributed by atoms with van der Waals surface area (Å²) < 4.78 is 2.17. The molecule has 1 aliphatic rings. The molecule has 0 atom stereocenters. The van der Waals surface area contributed by atoms with E-state index >= 15 is 0 Å². The first kappa shape index (κ1) is 14.9. The zero-order valence-electron chi connectivity index (χ0n) is 13.7. The second-order valence-corrected chi connectivity index (χ2v) is 6.41. The fraction of sp³-hybridized carbons (Fsp3) is 0.316. The first-order valence-corrected chi connectivity index (χ1v) is 8.36. The number of hydrogen-bond acceptors (Lipinski definition) is 3. The Morgan fingerprint density at radius 3 is 2.79 bits per heavy atom. The van der Waals surface area contributed by atoms with Crippen molar-refractivity contribution in [3.8, 4) is 0 Å². The SMILES string of the molecule is Cn1c(C2CC2)nc2cc(NC(=O)CCc3ccncc3)ccc21. The normalized spacial score (nSPS) is 14.0. The second kappa shape index (κ2) is 6.07. The summed E-state index contributed by atoms with van der Waals surface area (Å²) in [5, 5.41) is 2.97. The summed E-state index contributed by atoms with van der Waals surface area (Å²) in [4.78, 5) is 20.9. The second-order valence-electron chi connectivity index (χ2n) is 6.41. The monoisotopic (exact) mass is 320 g/mol. The number of pyridine rings is 1. The summed E-state index contributed by atoms with van der Waals surface area (Å²) in [5.41, 5.74) is 4.00. The summed E-state index contributed by atoms with van der Waals surface area (Å²) in [7, 11) is 2.07. The molecule has 0 bridgehead atoms. The van der Waals surface area contributed by atoms with Crippen LogP contribution in [0.4, 0.5) is 5.69 Å². The van der Waals surface area contributed by atoms with Crippen molar-refractivity contribution in [2.45, 2.75) is 31.6 Å². The minimum atomic E-state index is 0.0181. The van der Waals surface area contributed by atoms with Gasteiger partial charge in [-0.25, -0.2) is 4.98 Å². The van der Waals surface area contributed by atoms with Crippen LogP contribution in [0, 0.1) is 0 Å². The molecule has 1 saturated carbocycles. The highest BCUT2D eigenvalue weighted by Crippen LogP contribution is 2.40. The Morgan fingerprint density at radius 1 is 1.25 bits per heavy atom. The molecule has 2 aromatic heterocycles. The Bertz CT molecular complexity index is 881. The molecule has 1 fully saturated rings. The number of fused-ring (bicyclic) bond motifs is 1. The molecule has 4 rings (SSSR count). The third-order valence-corrected chi connectivity index (χ3v) is 4.53. The van der Waals surface area contributed by atoms with E-state index in [1.54, 1.807) is 12.4 Å². The lowest BCUT2D eigenvalue weighted by Gasteiger charge is -2.06. The number of benzene rings is 1. The van der Waals surface area contributed by atoms with Crippen LogP contribution in [0.3, 0.4) is 0 Å². The molecular formula is C19H20N4O. The third-order valence-electron chi connectivity index (χ3n) is 4.53. The van der Waals surface area contributed by atoms with Gasteiger partial charge in [0.15, 0.2) is 0 Å². The van der Waals surface area contributed by atoms with Gasteiger partial charge in [-0.15, -0.1) is 0 Å². The van der Waals surface area contributed by atoms with Crippen LogP contribution in [-0.2, 0) is 18.3 Å². The molecule has 0 spiro atoms. The zero-order valence-corrected chi connectivity index (χ0v) is 13.7. The number of nitrogens with zero attached hydrogens (tertiary/aromatic N) is 3. The number of imidazole rings is 1. The van der Waals surface area contributed by atoms with Crippen molar-refractivity contribution in [2.75, 3.05) is 5.32 Å². The van der Waals surface area contributed by atoms with E-state index in [9.17, 15) is 4.79 Å². The predicted molar refractivity (Wildman–Crippen MR) is 93.9 cm³/mol.